The van der Waals surface area contributed by atoms with Crippen molar-refractivity contribution in [2.45, 2.75) is 39.8 Å². The van der Waals surface area contributed by atoms with Gasteiger partial charge in [-0.05, 0) is 39.8 Å². The maximum Gasteiger partial charge on any atom is 0.338 e. The lowest BCUT2D eigenvalue weighted by Crippen LogP contribution is -2.44. The molecule has 0 spiro atoms. The molecule has 0 atom stereocenters. The van der Waals surface area contributed by atoms with E-state index in [2.05, 4.69) is 0 Å². The molecule has 0 aromatic heterocycles. The van der Waals surface area contributed by atoms with E-state index in [1.807, 2.05) is 27.7 Å². The monoisotopic (exact) mass is 353 g/mol. The van der Waals surface area contributed by atoms with Crippen molar-refractivity contribution < 1.29 is 28.5 Å². The van der Waals surface area contributed by atoms with Crippen LogP contribution in [0.25, 0.3) is 0 Å². The average Bonchev–Trinajstić information content (AvgIpc) is 2.57. The summed E-state index contributed by atoms with van der Waals surface area (Å²) in [5.74, 6) is 0.173. The van der Waals surface area contributed by atoms with Crippen molar-refractivity contribution in [3.63, 3.8) is 0 Å². The van der Waals surface area contributed by atoms with Gasteiger partial charge >= 0.3 is 5.97 Å². The Morgan fingerprint density at radius 3 is 1.76 bits per heavy atom. The highest BCUT2D eigenvalue weighted by Gasteiger charge is 2.23. The summed E-state index contributed by atoms with van der Waals surface area (Å²) in [6.07, 6.45) is 0. The second-order valence-corrected chi connectivity index (χ2v) is 5.98. The first kappa shape index (κ1) is 20.6. The molecule has 0 aliphatic rings. The fraction of sp³-hybridized carbons (Fsp3) is 0.556. The minimum atomic E-state index is -0.639. The Bertz CT molecular complexity index is 579. The lowest BCUT2D eigenvalue weighted by molar-refractivity contribution is -0.138. The van der Waals surface area contributed by atoms with E-state index in [-0.39, 0.29) is 30.2 Å². The summed E-state index contributed by atoms with van der Waals surface area (Å²) in [7, 11) is 4.39. The Hall–Kier alpha value is -2.44. The Labute approximate surface area is 148 Å². The number of hydrogen-bond acceptors (Lipinski definition) is 6. The van der Waals surface area contributed by atoms with Gasteiger partial charge in [0.2, 0.25) is 5.75 Å². The number of methoxy groups -OCH3 is 3. The van der Waals surface area contributed by atoms with Gasteiger partial charge in [-0.1, -0.05) is 0 Å². The normalized spacial score (nSPS) is 10.6. The van der Waals surface area contributed by atoms with E-state index in [1.54, 1.807) is 4.90 Å². The molecule has 7 nitrogen and oxygen atoms in total. The maximum atomic E-state index is 12.3. The molecule has 1 aromatic rings. The van der Waals surface area contributed by atoms with E-state index < -0.39 is 5.97 Å². The van der Waals surface area contributed by atoms with Gasteiger partial charge in [0.25, 0.3) is 5.91 Å². The van der Waals surface area contributed by atoms with E-state index >= 15 is 0 Å². The predicted octanol–water partition coefficient (Wildman–Crippen LogP) is 2.51. The van der Waals surface area contributed by atoms with Gasteiger partial charge in [0.1, 0.15) is 0 Å². The van der Waals surface area contributed by atoms with Crippen LogP contribution >= 0.6 is 0 Å². The number of amides is 1. The van der Waals surface area contributed by atoms with Crippen molar-refractivity contribution in [2.24, 2.45) is 0 Å². The third kappa shape index (κ3) is 5.01. The second kappa shape index (κ2) is 9.15. The molecule has 0 saturated carbocycles. The molecule has 0 bridgehead atoms. The first-order valence-corrected chi connectivity index (χ1v) is 8.05. The zero-order valence-electron chi connectivity index (χ0n) is 15.9. The molecule has 0 heterocycles. The van der Waals surface area contributed by atoms with Crippen LogP contribution < -0.4 is 14.2 Å². The number of benzene rings is 1. The van der Waals surface area contributed by atoms with Crippen LogP contribution in [0.2, 0.25) is 0 Å². The molecule has 1 amide bonds. The Morgan fingerprint density at radius 1 is 0.920 bits per heavy atom. The Kier molecular flexibility index (Phi) is 7.54. The first-order valence-electron chi connectivity index (χ1n) is 8.05. The molecule has 140 valence electrons. The van der Waals surface area contributed by atoms with Gasteiger partial charge in [0.05, 0.1) is 26.9 Å². The van der Waals surface area contributed by atoms with E-state index in [1.165, 1.54) is 33.5 Å². The lowest BCUT2D eigenvalue weighted by atomic mass is 10.2. The summed E-state index contributed by atoms with van der Waals surface area (Å²) >= 11 is 0. The van der Waals surface area contributed by atoms with Crippen molar-refractivity contribution in [1.82, 2.24) is 4.90 Å². The number of esters is 1. The molecule has 0 radical (unpaired) electrons. The zero-order chi connectivity index (χ0) is 19.1. The average molecular weight is 353 g/mol. The van der Waals surface area contributed by atoms with Crippen LogP contribution in [-0.2, 0) is 9.53 Å². The van der Waals surface area contributed by atoms with Crippen LogP contribution in [0, 0.1) is 0 Å². The van der Waals surface area contributed by atoms with Crippen LogP contribution in [0.15, 0.2) is 12.1 Å². The van der Waals surface area contributed by atoms with Crippen molar-refractivity contribution in [3.8, 4) is 17.2 Å². The third-order valence-electron chi connectivity index (χ3n) is 3.63. The van der Waals surface area contributed by atoms with E-state index in [0.717, 1.165) is 0 Å². The molecule has 7 heteroatoms. The first-order chi connectivity index (χ1) is 11.8. The molecule has 0 unspecified atom stereocenters. The largest absolute Gasteiger partial charge is 0.493 e. The van der Waals surface area contributed by atoms with Crippen molar-refractivity contribution in [2.75, 3.05) is 27.9 Å². The van der Waals surface area contributed by atoms with Gasteiger partial charge in [-0.15, -0.1) is 0 Å². The molecule has 0 aliphatic carbocycles. The third-order valence-corrected chi connectivity index (χ3v) is 3.63. The van der Waals surface area contributed by atoms with Crippen molar-refractivity contribution in [3.05, 3.63) is 17.7 Å². The minimum absolute atomic E-state index is 0.0207. The van der Waals surface area contributed by atoms with E-state index in [9.17, 15) is 9.59 Å². The van der Waals surface area contributed by atoms with Crippen LogP contribution in [0.5, 0.6) is 17.2 Å². The molecule has 0 saturated heterocycles. The standard InChI is InChI=1S/C18H27NO6/c1-11(2)19(12(3)4)16(20)10-25-18(21)13-8-14(22-5)17(24-7)15(9-13)23-6/h8-9,11-12H,10H2,1-7H3. The van der Waals surface area contributed by atoms with E-state index in [0.29, 0.717) is 17.2 Å². The van der Waals surface area contributed by atoms with Crippen LogP contribution in [0.1, 0.15) is 38.1 Å². The number of ether oxygens (including phenoxy) is 4. The highest BCUT2D eigenvalue weighted by Crippen LogP contribution is 2.38. The van der Waals surface area contributed by atoms with Gasteiger partial charge in [-0.3, -0.25) is 4.79 Å². The highest BCUT2D eigenvalue weighted by molar-refractivity contribution is 5.92. The molecular weight excluding hydrogens is 326 g/mol. The summed E-state index contributed by atoms with van der Waals surface area (Å²) in [5.41, 5.74) is 0.211. The summed E-state index contributed by atoms with van der Waals surface area (Å²) in [6, 6.07) is 3.01. The molecule has 0 N–H and O–H groups in total. The van der Waals surface area contributed by atoms with Gasteiger partial charge in [0, 0.05) is 12.1 Å². The molecule has 1 aromatic carbocycles. The van der Waals surface area contributed by atoms with Gasteiger partial charge in [0.15, 0.2) is 18.1 Å². The molecule has 25 heavy (non-hydrogen) atoms. The van der Waals surface area contributed by atoms with Gasteiger partial charge < -0.3 is 23.8 Å². The fourth-order valence-corrected chi connectivity index (χ4v) is 2.66. The second-order valence-electron chi connectivity index (χ2n) is 5.98. The van der Waals surface area contributed by atoms with Crippen molar-refractivity contribution in [1.29, 1.82) is 0 Å². The SMILES string of the molecule is COc1cc(C(=O)OCC(=O)N(C(C)C)C(C)C)cc(OC)c1OC. The van der Waals surface area contributed by atoms with Crippen LogP contribution in [-0.4, -0.2) is 56.8 Å². The highest BCUT2D eigenvalue weighted by atomic mass is 16.5. The Balaban J connectivity index is 2.92. The summed E-state index contributed by atoms with van der Waals surface area (Å²) < 4.78 is 20.8. The quantitative estimate of drug-likeness (QED) is 0.669. The number of nitrogens with zero attached hydrogens (tertiary/aromatic N) is 1. The van der Waals surface area contributed by atoms with Crippen LogP contribution in [0.3, 0.4) is 0 Å². The van der Waals surface area contributed by atoms with Crippen LogP contribution in [0.4, 0.5) is 0 Å². The molecular formula is C18H27NO6. The number of carbonyl (C=O) groups is 2. The fourth-order valence-electron chi connectivity index (χ4n) is 2.66. The summed E-state index contributed by atoms with van der Waals surface area (Å²) in [4.78, 5) is 26.3. The molecule has 0 aliphatic heterocycles. The topological polar surface area (TPSA) is 74.3 Å². The predicted molar refractivity (Wildman–Crippen MR) is 93.5 cm³/mol. The maximum absolute atomic E-state index is 12.3. The minimum Gasteiger partial charge on any atom is -0.493 e. The molecule has 0 fully saturated rings. The number of hydrogen-bond donors (Lipinski definition) is 0. The van der Waals surface area contributed by atoms with Gasteiger partial charge in [-0.25, -0.2) is 4.79 Å². The van der Waals surface area contributed by atoms with E-state index in [4.69, 9.17) is 18.9 Å². The number of rotatable bonds is 8. The Morgan fingerprint density at radius 2 is 1.40 bits per heavy atom. The number of carbonyl (C=O) groups excluding carboxylic acids is 2. The lowest BCUT2D eigenvalue weighted by Gasteiger charge is -2.30. The smallest absolute Gasteiger partial charge is 0.338 e. The zero-order valence-corrected chi connectivity index (χ0v) is 15.9. The van der Waals surface area contributed by atoms with Crippen molar-refractivity contribution >= 4 is 11.9 Å². The summed E-state index contributed by atoms with van der Waals surface area (Å²) in [6.45, 7) is 7.33. The summed E-state index contributed by atoms with van der Waals surface area (Å²) in [5, 5.41) is 0. The van der Waals surface area contributed by atoms with Gasteiger partial charge in [-0.2, -0.15) is 0 Å². The molecule has 1 rings (SSSR count).